The van der Waals surface area contributed by atoms with Crippen LogP contribution in [0.5, 0.6) is 5.75 Å². The topological polar surface area (TPSA) is 48.4 Å². The molecular formula is C17H19NO3. The average molecular weight is 285 g/mol. The second-order valence-corrected chi connectivity index (χ2v) is 4.53. The van der Waals surface area contributed by atoms with Crippen molar-refractivity contribution in [1.82, 2.24) is 4.98 Å². The number of hydrogen-bond donors (Lipinski definition) is 0. The van der Waals surface area contributed by atoms with Crippen LogP contribution in [0.25, 0.3) is 0 Å². The van der Waals surface area contributed by atoms with E-state index in [1.54, 1.807) is 13.1 Å². The highest BCUT2D eigenvalue weighted by Gasteiger charge is 2.09. The van der Waals surface area contributed by atoms with Gasteiger partial charge >= 0.3 is 5.97 Å². The second-order valence-electron chi connectivity index (χ2n) is 4.53. The summed E-state index contributed by atoms with van der Waals surface area (Å²) in [5.41, 5.74) is 1.87. The molecule has 0 atom stereocenters. The fourth-order valence-corrected chi connectivity index (χ4v) is 1.93. The zero-order valence-electron chi connectivity index (χ0n) is 12.1. The van der Waals surface area contributed by atoms with Crippen LogP contribution < -0.4 is 4.74 Å². The van der Waals surface area contributed by atoms with Gasteiger partial charge in [0.1, 0.15) is 12.4 Å². The van der Waals surface area contributed by atoms with E-state index < -0.39 is 0 Å². The fraction of sp³-hybridized carbons (Fsp3) is 0.294. The number of carbonyl (C=O) groups is 1. The molecule has 1 heterocycles. The van der Waals surface area contributed by atoms with E-state index >= 15 is 0 Å². The number of esters is 1. The van der Waals surface area contributed by atoms with E-state index in [0.29, 0.717) is 31.8 Å². The molecule has 0 fully saturated rings. The summed E-state index contributed by atoms with van der Waals surface area (Å²) < 4.78 is 10.7. The number of ether oxygens (including phenoxy) is 2. The Morgan fingerprint density at radius 2 is 1.95 bits per heavy atom. The smallest absolute Gasteiger partial charge is 0.306 e. The first-order valence-electron chi connectivity index (χ1n) is 7.06. The lowest BCUT2D eigenvalue weighted by molar-refractivity contribution is -0.143. The molecule has 1 aromatic heterocycles. The summed E-state index contributed by atoms with van der Waals surface area (Å²) in [5, 5.41) is 0. The summed E-state index contributed by atoms with van der Waals surface area (Å²) in [6.45, 7) is 2.68. The molecule has 0 amide bonds. The van der Waals surface area contributed by atoms with Crippen LogP contribution in [0.3, 0.4) is 0 Å². The van der Waals surface area contributed by atoms with Gasteiger partial charge in [0.05, 0.1) is 18.7 Å². The molecule has 1 aromatic carbocycles. The summed E-state index contributed by atoms with van der Waals surface area (Å²) in [6, 6.07) is 13.6. The van der Waals surface area contributed by atoms with Crippen molar-refractivity contribution in [3.8, 4) is 5.75 Å². The molecule has 0 bridgehead atoms. The van der Waals surface area contributed by atoms with Crippen molar-refractivity contribution in [1.29, 1.82) is 0 Å². The number of nitrogens with zero attached hydrogens (tertiary/aromatic N) is 1. The Hall–Kier alpha value is -2.36. The molecule has 0 saturated heterocycles. The lowest BCUT2D eigenvalue weighted by Gasteiger charge is -2.10. The van der Waals surface area contributed by atoms with E-state index in [-0.39, 0.29) is 5.97 Å². The molecule has 0 N–H and O–H groups in total. The molecule has 21 heavy (non-hydrogen) atoms. The van der Waals surface area contributed by atoms with Crippen LogP contribution in [-0.4, -0.2) is 17.6 Å². The van der Waals surface area contributed by atoms with Gasteiger partial charge in [0.2, 0.25) is 0 Å². The molecule has 110 valence electrons. The number of carbonyl (C=O) groups excluding carboxylic acids is 1. The third kappa shape index (κ3) is 4.91. The largest absolute Gasteiger partial charge is 0.487 e. The lowest BCUT2D eigenvalue weighted by atomic mass is 10.2. The molecule has 0 unspecified atom stereocenters. The number of aromatic nitrogens is 1. The molecule has 2 rings (SSSR count). The molecular weight excluding hydrogens is 266 g/mol. The summed E-state index contributed by atoms with van der Waals surface area (Å²) in [7, 11) is 0. The molecule has 2 aromatic rings. The molecule has 4 heteroatoms. The number of pyridine rings is 1. The van der Waals surface area contributed by atoms with Crippen molar-refractivity contribution in [2.45, 2.75) is 26.4 Å². The van der Waals surface area contributed by atoms with E-state index in [2.05, 4.69) is 4.98 Å². The Balaban J connectivity index is 1.95. The van der Waals surface area contributed by atoms with E-state index in [4.69, 9.17) is 9.47 Å². The van der Waals surface area contributed by atoms with Gasteiger partial charge in [-0.25, -0.2) is 0 Å². The van der Waals surface area contributed by atoms with Crippen molar-refractivity contribution in [3.05, 3.63) is 59.9 Å². The zero-order chi connectivity index (χ0) is 14.9. The van der Waals surface area contributed by atoms with Crippen LogP contribution >= 0.6 is 0 Å². The molecule has 0 saturated carbocycles. The summed E-state index contributed by atoms with van der Waals surface area (Å²) >= 11 is 0. The van der Waals surface area contributed by atoms with E-state index in [9.17, 15) is 4.79 Å². The Morgan fingerprint density at radius 1 is 1.14 bits per heavy atom. The lowest BCUT2D eigenvalue weighted by Crippen LogP contribution is -2.07. The maximum absolute atomic E-state index is 11.4. The highest BCUT2D eigenvalue weighted by molar-refractivity contribution is 5.69. The number of benzene rings is 1. The SMILES string of the molecule is CCOC(=O)CCc1ncccc1OCc1ccccc1. The van der Waals surface area contributed by atoms with Crippen LogP contribution in [-0.2, 0) is 22.6 Å². The first kappa shape index (κ1) is 15.0. The summed E-state index contributed by atoms with van der Waals surface area (Å²) in [5.74, 6) is 0.503. The molecule has 0 aliphatic rings. The Bertz CT molecular complexity index is 569. The van der Waals surface area contributed by atoms with Gasteiger partial charge in [-0.2, -0.15) is 0 Å². The van der Waals surface area contributed by atoms with Crippen molar-refractivity contribution >= 4 is 5.97 Å². The quantitative estimate of drug-likeness (QED) is 0.733. The minimum atomic E-state index is -0.211. The maximum atomic E-state index is 11.4. The van der Waals surface area contributed by atoms with Gasteiger partial charge in [-0.15, -0.1) is 0 Å². The molecule has 0 aliphatic carbocycles. The Kier molecular flexibility index (Phi) is 5.76. The van der Waals surface area contributed by atoms with Crippen molar-refractivity contribution < 1.29 is 14.3 Å². The zero-order valence-corrected chi connectivity index (χ0v) is 12.1. The third-order valence-corrected chi connectivity index (χ3v) is 2.96. The first-order valence-corrected chi connectivity index (χ1v) is 7.06. The fourth-order valence-electron chi connectivity index (χ4n) is 1.93. The van der Waals surface area contributed by atoms with Gasteiger partial charge in [0, 0.05) is 12.6 Å². The summed E-state index contributed by atoms with van der Waals surface area (Å²) in [4.78, 5) is 15.7. The van der Waals surface area contributed by atoms with Gasteiger partial charge in [0.25, 0.3) is 0 Å². The van der Waals surface area contributed by atoms with Crippen LogP contribution in [0.1, 0.15) is 24.6 Å². The predicted octanol–water partition coefficient (Wildman–Crippen LogP) is 3.16. The highest BCUT2D eigenvalue weighted by atomic mass is 16.5. The van der Waals surface area contributed by atoms with Crippen molar-refractivity contribution in [2.24, 2.45) is 0 Å². The van der Waals surface area contributed by atoms with Gasteiger partial charge in [-0.3, -0.25) is 9.78 Å². The van der Waals surface area contributed by atoms with Crippen LogP contribution in [0, 0.1) is 0 Å². The molecule has 0 radical (unpaired) electrons. The van der Waals surface area contributed by atoms with Crippen LogP contribution in [0.15, 0.2) is 48.7 Å². The van der Waals surface area contributed by atoms with E-state index in [1.807, 2.05) is 42.5 Å². The van der Waals surface area contributed by atoms with Gasteiger partial charge in [0.15, 0.2) is 0 Å². The molecule has 0 aliphatic heterocycles. The van der Waals surface area contributed by atoms with Gasteiger partial charge in [-0.05, 0) is 24.6 Å². The third-order valence-electron chi connectivity index (χ3n) is 2.96. The first-order chi connectivity index (χ1) is 10.3. The second kappa shape index (κ2) is 8.04. The van der Waals surface area contributed by atoms with Crippen LogP contribution in [0.2, 0.25) is 0 Å². The Labute approximate surface area is 124 Å². The highest BCUT2D eigenvalue weighted by Crippen LogP contribution is 2.18. The van der Waals surface area contributed by atoms with E-state index in [0.717, 1.165) is 11.3 Å². The van der Waals surface area contributed by atoms with Crippen molar-refractivity contribution in [3.63, 3.8) is 0 Å². The minimum Gasteiger partial charge on any atom is -0.487 e. The number of hydrogen-bond acceptors (Lipinski definition) is 4. The monoisotopic (exact) mass is 285 g/mol. The average Bonchev–Trinajstić information content (AvgIpc) is 2.53. The van der Waals surface area contributed by atoms with E-state index in [1.165, 1.54) is 0 Å². The maximum Gasteiger partial charge on any atom is 0.306 e. The van der Waals surface area contributed by atoms with Crippen LogP contribution in [0.4, 0.5) is 0 Å². The number of aryl methyl sites for hydroxylation is 1. The standard InChI is InChI=1S/C17H19NO3/c1-2-20-17(19)11-10-15-16(9-6-12-18-15)21-13-14-7-4-3-5-8-14/h3-9,12H,2,10-11,13H2,1H3. The predicted molar refractivity (Wildman–Crippen MR) is 80.0 cm³/mol. The van der Waals surface area contributed by atoms with Crippen molar-refractivity contribution in [2.75, 3.05) is 6.61 Å². The summed E-state index contributed by atoms with van der Waals surface area (Å²) in [6.07, 6.45) is 2.53. The number of rotatable bonds is 7. The minimum absolute atomic E-state index is 0.211. The Morgan fingerprint density at radius 3 is 2.71 bits per heavy atom. The van der Waals surface area contributed by atoms with Gasteiger partial charge < -0.3 is 9.47 Å². The van der Waals surface area contributed by atoms with Gasteiger partial charge in [-0.1, -0.05) is 30.3 Å². The normalized spacial score (nSPS) is 10.1. The molecule has 4 nitrogen and oxygen atoms in total. The molecule has 0 spiro atoms.